The van der Waals surface area contributed by atoms with Gasteiger partial charge in [-0.3, -0.25) is 0 Å². The zero-order chi connectivity index (χ0) is 21.3. The molecule has 2 aliphatic carbocycles. The number of hydrogen-bond acceptors (Lipinski definition) is 3. The van der Waals surface area contributed by atoms with Crippen molar-refractivity contribution in [3.8, 4) is 33.4 Å². The van der Waals surface area contributed by atoms with Crippen LogP contribution in [-0.4, -0.2) is 14.7 Å². The summed E-state index contributed by atoms with van der Waals surface area (Å²) in [4.78, 5) is 0.392. The fraction of sp³-hybridized carbons (Fsp3) is 0.111. The Kier molecular flexibility index (Phi) is 3.75. The number of benzene rings is 4. The van der Waals surface area contributed by atoms with Gasteiger partial charge in [0.1, 0.15) is 0 Å². The van der Waals surface area contributed by atoms with Crippen molar-refractivity contribution in [3.05, 3.63) is 95.1 Å². The Balaban J connectivity index is 1.60. The van der Waals surface area contributed by atoms with Crippen molar-refractivity contribution in [2.24, 2.45) is 0 Å². The molecule has 0 amide bonds. The minimum absolute atomic E-state index is 0.392. The maximum Gasteiger partial charge on any atom is 0.176 e. The van der Waals surface area contributed by atoms with Crippen molar-refractivity contribution in [3.63, 3.8) is 0 Å². The third-order valence-corrected chi connectivity index (χ3v) is 7.79. The zero-order valence-electron chi connectivity index (χ0n) is 17.1. The molecule has 4 aromatic rings. The largest absolute Gasteiger partial charge is 0.398 e. The van der Waals surface area contributed by atoms with Crippen LogP contribution >= 0.6 is 0 Å². The van der Waals surface area contributed by atoms with Crippen molar-refractivity contribution < 1.29 is 8.42 Å². The van der Waals surface area contributed by atoms with Crippen molar-refractivity contribution in [2.45, 2.75) is 17.7 Å². The van der Waals surface area contributed by atoms with E-state index in [1.807, 2.05) is 24.3 Å². The predicted molar refractivity (Wildman–Crippen MR) is 126 cm³/mol. The Labute approximate surface area is 182 Å². The van der Waals surface area contributed by atoms with E-state index in [2.05, 4.69) is 42.5 Å². The number of anilines is 1. The van der Waals surface area contributed by atoms with Gasteiger partial charge in [0.2, 0.25) is 0 Å². The summed E-state index contributed by atoms with van der Waals surface area (Å²) in [5.41, 5.74) is 18.5. The molecule has 0 fully saturated rings. The van der Waals surface area contributed by atoms with Crippen LogP contribution in [0.25, 0.3) is 33.4 Å². The Hall–Kier alpha value is -3.37. The second-order valence-electron chi connectivity index (χ2n) is 8.46. The van der Waals surface area contributed by atoms with Crippen LogP contribution in [0.2, 0.25) is 0 Å². The summed E-state index contributed by atoms with van der Waals surface area (Å²) in [5.74, 6) is 0. The maximum atomic E-state index is 12.6. The minimum atomic E-state index is -3.36. The van der Waals surface area contributed by atoms with Crippen LogP contribution < -0.4 is 5.73 Å². The molecule has 0 radical (unpaired) electrons. The third kappa shape index (κ3) is 2.61. The van der Waals surface area contributed by atoms with Gasteiger partial charge >= 0.3 is 0 Å². The van der Waals surface area contributed by atoms with Crippen molar-refractivity contribution in [2.75, 3.05) is 12.0 Å². The number of hydrogen-bond donors (Lipinski definition) is 1. The molecule has 31 heavy (non-hydrogen) atoms. The SMILES string of the molecule is CS(=O)(=O)c1ccc(-c2ccc3c(c2N)Cc2ccccc2-3)c2c1-c1ccccc1C2. The number of fused-ring (bicyclic) bond motifs is 6. The van der Waals surface area contributed by atoms with E-state index in [0.29, 0.717) is 11.3 Å². The van der Waals surface area contributed by atoms with Gasteiger partial charge in [-0.2, -0.15) is 0 Å². The maximum absolute atomic E-state index is 12.6. The Morgan fingerprint density at radius 3 is 1.94 bits per heavy atom. The number of nitrogens with two attached hydrogens (primary N) is 1. The summed E-state index contributed by atoms with van der Waals surface area (Å²) in [6, 6.07) is 24.4. The Morgan fingerprint density at radius 2 is 1.19 bits per heavy atom. The molecule has 0 unspecified atom stereocenters. The quantitative estimate of drug-likeness (QED) is 0.375. The van der Waals surface area contributed by atoms with Crippen LogP contribution in [0.1, 0.15) is 22.3 Å². The zero-order valence-corrected chi connectivity index (χ0v) is 18.0. The van der Waals surface area contributed by atoms with Gasteiger partial charge in [-0.05, 0) is 57.0 Å². The molecule has 3 nitrogen and oxygen atoms in total. The van der Waals surface area contributed by atoms with Crippen molar-refractivity contribution in [1.29, 1.82) is 0 Å². The summed E-state index contributed by atoms with van der Waals surface area (Å²) in [6.07, 6.45) is 2.82. The molecule has 4 heteroatoms. The van der Waals surface area contributed by atoms with E-state index in [4.69, 9.17) is 5.73 Å². The van der Waals surface area contributed by atoms with E-state index in [0.717, 1.165) is 51.1 Å². The van der Waals surface area contributed by atoms with Gasteiger partial charge in [0.15, 0.2) is 9.84 Å². The molecule has 0 saturated carbocycles. The second-order valence-corrected chi connectivity index (χ2v) is 10.4. The van der Waals surface area contributed by atoms with E-state index in [9.17, 15) is 8.42 Å². The molecule has 4 aromatic carbocycles. The van der Waals surface area contributed by atoms with Crippen LogP contribution in [0.5, 0.6) is 0 Å². The minimum Gasteiger partial charge on any atom is -0.398 e. The first-order valence-corrected chi connectivity index (χ1v) is 12.3. The highest BCUT2D eigenvalue weighted by atomic mass is 32.2. The lowest BCUT2D eigenvalue weighted by molar-refractivity contribution is 0.602. The van der Waals surface area contributed by atoms with Gasteiger partial charge in [0, 0.05) is 29.5 Å². The van der Waals surface area contributed by atoms with Gasteiger partial charge in [-0.15, -0.1) is 0 Å². The summed E-state index contributed by atoms with van der Waals surface area (Å²) in [5, 5.41) is 0. The van der Waals surface area contributed by atoms with Crippen LogP contribution in [-0.2, 0) is 22.7 Å². The van der Waals surface area contributed by atoms with E-state index >= 15 is 0 Å². The topological polar surface area (TPSA) is 60.2 Å². The van der Waals surface area contributed by atoms with Gasteiger partial charge < -0.3 is 5.73 Å². The van der Waals surface area contributed by atoms with Crippen LogP contribution in [0, 0.1) is 0 Å². The molecule has 0 aliphatic heterocycles. The average molecular weight is 424 g/mol. The van der Waals surface area contributed by atoms with Gasteiger partial charge in [-0.25, -0.2) is 8.42 Å². The molecule has 2 N–H and O–H groups in total. The summed E-state index contributed by atoms with van der Waals surface area (Å²) in [7, 11) is -3.36. The first kappa shape index (κ1) is 18.4. The highest BCUT2D eigenvalue weighted by molar-refractivity contribution is 7.90. The lowest BCUT2D eigenvalue weighted by atomic mass is 9.91. The second kappa shape index (κ2) is 6.32. The molecule has 0 spiro atoms. The predicted octanol–water partition coefficient (Wildman–Crippen LogP) is 5.48. The first-order chi connectivity index (χ1) is 14.9. The number of nitrogen functional groups attached to an aromatic ring is 1. The van der Waals surface area contributed by atoms with Gasteiger partial charge in [0.25, 0.3) is 0 Å². The highest BCUT2D eigenvalue weighted by Crippen LogP contribution is 2.48. The summed E-state index contributed by atoms with van der Waals surface area (Å²) < 4.78 is 25.1. The third-order valence-electron chi connectivity index (χ3n) is 6.65. The fourth-order valence-electron chi connectivity index (χ4n) is 5.25. The van der Waals surface area contributed by atoms with Crippen LogP contribution in [0.4, 0.5) is 5.69 Å². The van der Waals surface area contributed by atoms with Crippen molar-refractivity contribution >= 4 is 15.5 Å². The lowest BCUT2D eigenvalue weighted by Crippen LogP contribution is -2.03. The van der Waals surface area contributed by atoms with E-state index in [1.165, 1.54) is 22.9 Å². The Bertz CT molecular complexity index is 1520. The average Bonchev–Trinajstić information content (AvgIpc) is 3.32. The molecule has 0 aromatic heterocycles. The van der Waals surface area contributed by atoms with Crippen LogP contribution in [0.3, 0.4) is 0 Å². The standard InChI is InChI=1S/C27H21NO2S/c1-31(29,30)25-13-12-21(23-14-17-7-3-5-9-19(17)26(23)25)22-11-10-20-18-8-4-2-6-16(18)15-24(20)27(22)28/h2-13H,14-15,28H2,1H3. The molecular formula is C27H21NO2S. The molecule has 0 saturated heterocycles. The Morgan fingerprint density at radius 1 is 0.645 bits per heavy atom. The van der Waals surface area contributed by atoms with E-state index < -0.39 is 9.84 Å². The molecule has 152 valence electrons. The summed E-state index contributed by atoms with van der Waals surface area (Å²) >= 11 is 0. The fourth-order valence-corrected chi connectivity index (χ4v) is 6.16. The normalized spacial score (nSPS) is 13.5. The molecule has 0 heterocycles. The van der Waals surface area contributed by atoms with Gasteiger partial charge in [0.05, 0.1) is 4.90 Å². The smallest absolute Gasteiger partial charge is 0.176 e. The first-order valence-electron chi connectivity index (χ1n) is 10.4. The van der Waals surface area contributed by atoms with Crippen molar-refractivity contribution in [1.82, 2.24) is 0 Å². The molecule has 2 aliphatic rings. The van der Waals surface area contributed by atoms with Gasteiger partial charge in [-0.1, -0.05) is 66.7 Å². The molecule has 6 rings (SSSR count). The van der Waals surface area contributed by atoms with E-state index in [-0.39, 0.29) is 0 Å². The molecule has 0 bridgehead atoms. The number of sulfone groups is 1. The molecule has 0 atom stereocenters. The van der Waals surface area contributed by atoms with Crippen LogP contribution in [0.15, 0.2) is 77.7 Å². The lowest BCUT2D eigenvalue weighted by Gasteiger charge is -2.16. The highest BCUT2D eigenvalue weighted by Gasteiger charge is 2.29. The van der Waals surface area contributed by atoms with E-state index in [1.54, 1.807) is 6.07 Å². The monoisotopic (exact) mass is 423 g/mol. The number of rotatable bonds is 2. The molecular weight excluding hydrogens is 402 g/mol. The summed E-state index contributed by atoms with van der Waals surface area (Å²) in [6.45, 7) is 0.